The molecule has 0 radical (unpaired) electrons. The Bertz CT molecular complexity index is 1630. The SMILES string of the molecule is CCOc1cc(/C=C2\SC(=O)N(Cc3cc4c(cc3Cl)OCO4)C2=O)cc(Br)c1OCC(=O)Nc1ccc(C)cc1C. The summed E-state index contributed by atoms with van der Waals surface area (Å²) in [4.78, 5) is 40.0. The molecule has 3 aromatic carbocycles. The first-order chi connectivity index (χ1) is 20.1. The van der Waals surface area contributed by atoms with Crippen LogP contribution in [0.2, 0.25) is 5.02 Å². The molecule has 2 aliphatic heterocycles. The second kappa shape index (κ2) is 12.7. The lowest BCUT2D eigenvalue weighted by Crippen LogP contribution is -2.27. The first-order valence-corrected chi connectivity index (χ1v) is 14.9. The lowest BCUT2D eigenvalue weighted by Gasteiger charge is -2.15. The van der Waals surface area contributed by atoms with E-state index in [0.717, 1.165) is 27.8 Å². The van der Waals surface area contributed by atoms with Gasteiger partial charge in [-0.25, -0.2) is 0 Å². The quantitative estimate of drug-likeness (QED) is 0.240. The molecule has 1 saturated heterocycles. The molecule has 0 aliphatic carbocycles. The van der Waals surface area contributed by atoms with E-state index in [0.29, 0.717) is 55.9 Å². The standard InChI is InChI=1S/C30H26BrClN2O7S/c1-4-38-25-9-18(8-20(31)28(25)39-14-27(35)33-22-6-5-16(2)7-17(22)3)10-26-29(36)34(30(37)42-26)13-19-11-23-24(12-21(19)32)41-15-40-23/h5-12H,4,13-15H2,1-3H3,(H,33,35)/b26-10-. The summed E-state index contributed by atoms with van der Waals surface area (Å²) in [6, 6.07) is 12.5. The highest BCUT2D eigenvalue weighted by Crippen LogP contribution is 2.41. The largest absolute Gasteiger partial charge is 0.490 e. The van der Waals surface area contributed by atoms with Crippen LogP contribution in [0.25, 0.3) is 6.08 Å². The molecule has 3 aromatic rings. The summed E-state index contributed by atoms with van der Waals surface area (Å²) in [6.45, 7) is 5.91. The van der Waals surface area contributed by atoms with Gasteiger partial charge in [0.15, 0.2) is 29.6 Å². The third kappa shape index (κ3) is 6.53. The molecule has 5 rings (SSSR count). The number of carbonyl (C=O) groups is 3. The summed E-state index contributed by atoms with van der Waals surface area (Å²) in [5.74, 6) is 0.977. The average Bonchev–Trinajstić information content (AvgIpc) is 3.49. The smallest absolute Gasteiger partial charge is 0.293 e. The minimum absolute atomic E-state index is 0.0116. The summed E-state index contributed by atoms with van der Waals surface area (Å²) in [5, 5.41) is 2.81. The molecule has 1 fully saturated rings. The molecule has 2 aliphatic rings. The fraction of sp³-hybridized carbons (Fsp3) is 0.233. The van der Waals surface area contributed by atoms with Crippen LogP contribution in [-0.4, -0.2) is 42.0 Å². The number of rotatable bonds is 9. The molecule has 0 aromatic heterocycles. The topological polar surface area (TPSA) is 103 Å². The van der Waals surface area contributed by atoms with Gasteiger partial charge in [0.05, 0.1) is 22.5 Å². The Labute approximate surface area is 260 Å². The number of halogens is 2. The molecule has 42 heavy (non-hydrogen) atoms. The molecule has 0 spiro atoms. The van der Waals surface area contributed by atoms with Crippen LogP contribution in [0.3, 0.4) is 0 Å². The van der Waals surface area contributed by atoms with Crippen molar-refractivity contribution in [2.45, 2.75) is 27.3 Å². The van der Waals surface area contributed by atoms with Gasteiger partial charge in [-0.05, 0) is 95.5 Å². The van der Waals surface area contributed by atoms with Crippen molar-refractivity contribution in [1.82, 2.24) is 4.90 Å². The number of hydrogen-bond donors (Lipinski definition) is 1. The van der Waals surface area contributed by atoms with Crippen molar-refractivity contribution < 1.29 is 33.3 Å². The number of aryl methyl sites for hydroxylation is 2. The molecule has 0 saturated carbocycles. The Hall–Kier alpha value is -3.67. The van der Waals surface area contributed by atoms with Gasteiger partial charge in [-0.3, -0.25) is 19.3 Å². The Morgan fingerprint density at radius 2 is 1.88 bits per heavy atom. The molecule has 0 unspecified atom stereocenters. The molecule has 9 nitrogen and oxygen atoms in total. The van der Waals surface area contributed by atoms with E-state index < -0.39 is 11.1 Å². The molecule has 1 N–H and O–H groups in total. The van der Waals surface area contributed by atoms with E-state index >= 15 is 0 Å². The highest BCUT2D eigenvalue weighted by atomic mass is 79.9. The van der Waals surface area contributed by atoms with Gasteiger partial charge >= 0.3 is 0 Å². The van der Waals surface area contributed by atoms with Crippen LogP contribution in [0.15, 0.2) is 51.8 Å². The predicted molar refractivity (Wildman–Crippen MR) is 164 cm³/mol. The fourth-order valence-corrected chi connectivity index (χ4v) is 6.02. The Balaban J connectivity index is 1.30. The van der Waals surface area contributed by atoms with Crippen molar-refractivity contribution in [2.24, 2.45) is 0 Å². The fourth-order valence-electron chi connectivity index (χ4n) is 4.39. The molecular weight excluding hydrogens is 648 g/mol. The van der Waals surface area contributed by atoms with Gasteiger partial charge in [-0.15, -0.1) is 0 Å². The number of fused-ring (bicyclic) bond motifs is 1. The van der Waals surface area contributed by atoms with Crippen LogP contribution in [0.5, 0.6) is 23.0 Å². The van der Waals surface area contributed by atoms with E-state index in [1.807, 2.05) is 39.0 Å². The molecule has 2 heterocycles. The van der Waals surface area contributed by atoms with Crippen molar-refractivity contribution in [3.8, 4) is 23.0 Å². The zero-order valence-electron chi connectivity index (χ0n) is 22.9. The summed E-state index contributed by atoms with van der Waals surface area (Å²) in [6.07, 6.45) is 1.61. The Kier molecular flexibility index (Phi) is 9.00. The number of hydrogen-bond acceptors (Lipinski definition) is 8. The number of anilines is 1. The van der Waals surface area contributed by atoms with Crippen LogP contribution in [0.4, 0.5) is 10.5 Å². The monoisotopic (exact) mass is 672 g/mol. The lowest BCUT2D eigenvalue weighted by molar-refractivity contribution is -0.123. The van der Waals surface area contributed by atoms with E-state index in [1.54, 1.807) is 30.3 Å². The lowest BCUT2D eigenvalue weighted by atomic mass is 10.1. The number of nitrogens with zero attached hydrogens (tertiary/aromatic N) is 1. The number of ether oxygens (including phenoxy) is 4. The maximum absolute atomic E-state index is 13.2. The molecule has 0 atom stereocenters. The van der Waals surface area contributed by atoms with E-state index in [2.05, 4.69) is 21.2 Å². The molecule has 3 amide bonds. The number of nitrogens with one attached hydrogen (secondary N) is 1. The molecular formula is C30H26BrClN2O7S. The normalized spacial score (nSPS) is 15.0. The summed E-state index contributed by atoms with van der Waals surface area (Å²) >= 11 is 10.7. The minimum atomic E-state index is -0.448. The van der Waals surface area contributed by atoms with Gasteiger partial charge < -0.3 is 24.3 Å². The number of thioether (sulfide) groups is 1. The summed E-state index contributed by atoms with van der Waals surface area (Å²) < 4.78 is 22.9. The molecule has 218 valence electrons. The maximum Gasteiger partial charge on any atom is 0.293 e. The zero-order chi connectivity index (χ0) is 30.0. The third-order valence-electron chi connectivity index (χ3n) is 6.38. The number of benzene rings is 3. The van der Waals surface area contributed by atoms with Gasteiger partial charge in [-0.2, -0.15) is 0 Å². The van der Waals surface area contributed by atoms with Crippen LogP contribution < -0.4 is 24.3 Å². The van der Waals surface area contributed by atoms with Gasteiger partial charge in [0.2, 0.25) is 6.79 Å². The summed E-state index contributed by atoms with van der Waals surface area (Å²) in [7, 11) is 0. The van der Waals surface area contributed by atoms with Crippen LogP contribution >= 0.6 is 39.3 Å². The predicted octanol–water partition coefficient (Wildman–Crippen LogP) is 7.10. The molecule has 0 bridgehead atoms. The van der Waals surface area contributed by atoms with Crippen molar-refractivity contribution in [2.75, 3.05) is 25.3 Å². The Morgan fingerprint density at radius 1 is 1.12 bits per heavy atom. The van der Waals surface area contributed by atoms with Crippen molar-refractivity contribution in [1.29, 1.82) is 0 Å². The van der Waals surface area contributed by atoms with Crippen molar-refractivity contribution in [3.63, 3.8) is 0 Å². The van der Waals surface area contributed by atoms with Gasteiger partial charge in [-0.1, -0.05) is 29.3 Å². The number of carbonyl (C=O) groups excluding carboxylic acids is 3. The van der Waals surface area contributed by atoms with Crippen molar-refractivity contribution >= 4 is 68.1 Å². The van der Waals surface area contributed by atoms with E-state index in [9.17, 15) is 14.4 Å². The van der Waals surface area contributed by atoms with Gasteiger partial charge in [0, 0.05) is 16.8 Å². The van der Waals surface area contributed by atoms with Gasteiger partial charge in [0.1, 0.15) is 0 Å². The van der Waals surface area contributed by atoms with Crippen LogP contribution in [0, 0.1) is 13.8 Å². The zero-order valence-corrected chi connectivity index (χ0v) is 26.1. The first kappa shape index (κ1) is 29.8. The molecule has 12 heteroatoms. The average molecular weight is 674 g/mol. The summed E-state index contributed by atoms with van der Waals surface area (Å²) in [5.41, 5.74) is 3.93. The van der Waals surface area contributed by atoms with Gasteiger partial charge in [0.25, 0.3) is 17.1 Å². The second-order valence-corrected chi connectivity index (χ2v) is 11.7. The van der Waals surface area contributed by atoms with E-state index in [4.69, 9.17) is 30.5 Å². The Morgan fingerprint density at radius 3 is 2.62 bits per heavy atom. The minimum Gasteiger partial charge on any atom is -0.490 e. The first-order valence-electron chi connectivity index (χ1n) is 12.9. The van der Waals surface area contributed by atoms with E-state index in [1.165, 1.54) is 0 Å². The third-order valence-corrected chi connectivity index (χ3v) is 8.22. The van der Waals surface area contributed by atoms with Crippen LogP contribution in [-0.2, 0) is 16.1 Å². The maximum atomic E-state index is 13.2. The highest BCUT2D eigenvalue weighted by molar-refractivity contribution is 9.10. The number of amides is 3. The van der Waals surface area contributed by atoms with Crippen molar-refractivity contribution in [3.05, 3.63) is 79.1 Å². The number of imide groups is 1. The van der Waals surface area contributed by atoms with Crippen LogP contribution in [0.1, 0.15) is 29.2 Å². The highest BCUT2D eigenvalue weighted by Gasteiger charge is 2.36. The second-order valence-electron chi connectivity index (χ2n) is 9.48. The van der Waals surface area contributed by atoms with E-state index in [-0.39, 0.29) is 30.8 Å².